The third-order valence-corrected chi connectivity index (χ3v) is 24.8. The minimum atomic E-state index is -1.82. The molecular weight excluding hydrogens is 1150 g/mol. The van der Waals surface area contributed by atoms with Crippen LogP contribution in [0.1, 0.15) is 0 Å². The highest BCUT2D eigenvalue weighted by Gasteiger charge is 2.48. The lowest BCUT2D eigenvalue weighted by Gasteiger charge is -2.28. The van der Waals surface area contributed by atoms with Crippen molar-refractivity contribution in [3.8, 4) is 0 Å². The highest BCUT2D eigenvalue weighted by molar-refractivity contribution is 14.2. The number of benzene rings is 6. The molecule has 0 spiro atoms. The molecule has 0 heterocycles. The molecule has 6 rings (SSSR count). The number of hydrogen-bond donors (Lipinski definition) is 0. The summed E-state index contributed by atoms with van der Waals surface area (Å²) in [4.78, 5) is 5.26. The molecule has 0 atom stereocenters. The third kappa shape index (κ3) is 10.0. The Morgan fingerprint density at radius 3 is 0.685 bits per heavy atom. The average molecular weight is 1200 g/mol. The van der Waals surface area contributed by atoms with Gasteiger partial charge in [0.25, 0.3) is 0 Å². The first kappa shape index (κ1) is 46.7. The van der Waals surface area contributed by atoms with Crippen LogP contribution in [0.25, 0.3) is 0 Å². The second-order valence-corrected chi connectivity index (χ2v) is 27.4. The second kappa shape index (κ2) is 21.2. The molecule has 0 aromatic heterocycles. The number of anilines is 4. The van der Waals surface area contributed by atoms with Gasteiger partial charge in [0.1, 0.15) is 31.8 Å². The van der Waals surface area contributed by atoms with Gasteiger partial charge in [-0.05, 0) is 72.8 Å². The van der Waals surface area contributed by atoms with E-state index in [1.165, 1.54) is 54.6 Å². The van der Waals surface area contributed by atoms with E-state index in [1.54, 1.807) is 0 Å². The molecule has 0 fully saturated rings. The van der Waals surface area contributed by atoms with Gasteiger partial charge in [-0.15, -0.1) is 0 Å². The standard InChI is InChI=1S/2C22H25IN2P.2HI/c2*1-24(2)19-14-8-10-16-21(19)26(23,18-12-6-5-7-13-18)22-17-11-9-15-20(22)25(3)4;;/h2*5-17H,1-4H3;2*1H/q2*+1;;/p-2. The van der Waals surface area contributed by atoms with Gasteiger partial charge in [0, 0.05) is 56.4 Å². The summed E-state index contributed by atoms with van der Waals surface area (Å²) < 4.78 is 0. The molecule has 4 nitrogen and oxygen atoms in total. The molecule has 0 aliphatic carbocycles. The van der Waals surface area contributed by atoms with Crippen molar-refractivity contribution in [2.45, 2.75) is 0 Å². The lowest BCUT2D eigenvalue weighted by Crippen LogP contribution is -3.00. The average Bonchev–Trinajstić information content (AvgIpc) is 3.18. The number of halogens is 4. The van der Waals surface area contributed by atoms with Gasteiger partial charge in [0.2, 0.25) is 0 Å². The first-order valence-electron chi connectivity index (χ1n) is 17.3. The van der Waals surface area contributed by atoms with Crippen LogP contribution in [0.15, 0.2) is 158 Å². The monoisotopic (exact) mass is 1200 g/mol. The molecular formula is C44H50I4N4P2. The molecule has 0 N–H and O–H groups in total. The Morgan fingerprint density at radius 2 is 0.481 bits per heavy atom. The zero-order valence-corrected chi connectivity index (χ0v) is 42.6. The fourth-order valence-electron chi connectivity index (χ4n) is 6.49. The Kier molecular flexibility index (Phi) is 18.3. The van der Waals surface area contributed by atoms with Crippen LogP contribution in [0.2, 0.25) is 0 Å². The maximum atomic E-state index is 2.75. The topological polar surface area (TPSA) is 13.0 Å². The lowest BCUT2D eigenvalue weighted by molar-refractivity contribution is -0.00100. The lowest BCUT2D eigenvalue weighted by atomic mass is 10.3. The Hall–Kier alpha value is -1.70. The maximum absolute atomic E-state index is 2.75. The van der Waals surface area contributed by atoms with Crippen molar-refractivity contribution in [3.05, 3.63) is 158 Å². The Morgan fingerprint density at radius 1 is 0.296 bits per heavy atom. The molecule has 54 heavy (non-hydrogen) atoms. The van der Waals surface area contributed by atoms with Crippen molar-refractivity contribution >= 4 is 108 Å². The van der Waals surface area contributed by atoms with Crippen molar-refractivity contribution in [1.29, 1.82) is 0 Å². The summed E-state index contributed by atoms with van der Waals surface area (Å²) in [6.07, 6.45) is 0. The smallest absolute Gasteiger partial charge is 0.176 e. The van der Waals surface area contributed by atoms with Crippen LogP contribution in [0.3, 0.4) is 0 Å². The minimum absolute atomic E-state index is 0. The van der Waals surface area contributed by atoms with Gasteiger partial charge in [-0.3, -0.25) is 0 Å². The van der Waals surface area contributed by atoms with Crippen LogP contribution in [0.5, 0.6) is 0 Å². The van der Waals surface area contributed by atoms with E-state index in [4.69, 9.17) is 0 Å². The van der Waals surface area contributed by atoms with Gasteiger partial charge in [-0.1, -0.05) is 84.9 Å². The highest BCUT2D eigenvalue weighted by Crippen LogP contribution is 2.67. The Balaban J connectivity index is 0.000000280. The van der Waals surface area contributed by atoms with E-state index in [-0.39, 0.29) is 48.0 Å². The Bertz CT molecular complexity index is 1810. The van der Waals surface area contributed by atoms with Gasteiger partial charge in [0.05, 0.1) is 22.7 Å². The molecule has 0 aliphatic rings. The van der Waals surface area contributed by atoms with Crippen LogP contribution >= 0.6 is 53.9 Å². The summed E-state index contributed by atoms with van der Waals surface area (Å²) in [5.74, 6) is 0. The molecule has 0 radical (unpaired) electrons. The van der Waals surface area contributed by atoms with E-state index < -0.39 is 9.81 Å². The summed E-state index contributed by atoms with van der Waals surface area (Å²) in [7, 11) is 17.0. The van der Waals surface area contributed by atoms with Crippen molar-refractivity contribution in [1.82, 2.24) is 0 Å². The normalized spacial score (nSPS) is 10.9. The van der Waals surface area contributed by atoms with Crippen LogP contribution in [-0.2, 0) is 0 Å². The van der Waals surface area contributed by atoms with Gasteiger partial charge in [0.15, 0.2) is 53.9 Å². The van der Waals surface area contributed by atoms with E-state index in [9.17, 15) is 0 Å². The van der Waals surface area contributed by atoms with E-state index >= 15 is 0 Å². The minimum Gasteiger partial charge on any atom is -1.00 e. The van der Waals surface area contributed by atoms with Crippen molar-refractivity contribution < 1.29 is 48.0 Å². The summed E-state index contributed by atoms with van der Waals surface area (Å²) in [5.41, 5.74) is 5.14. The summed E-state index contributed by atoms with van der Waals surface area (Å²) >= 11 is 5.50. The number of rotatable bonds is 10. The molecule has 0 saturated heterocycles. The van der Waals surface area contributed by atoms with E-state index in [1.807, 2.05) is 0 Å². The number of nitrogens with zero attached hydrogens (tertiary/aromatic N) is 4. The van der Waals surface area contributed by atoms with E-state index in [0.717, 1.165) is 0 Å². The highest BCUT2D eigenvalue weighted by atomic mass is 127. The largest absolute Gasteiger partial charge is 1.00 e. The molecule has 0 aliphatic heterocycles. The molecule has 6 aromatic carbocycles. The molecule has 10 heteroatoms. The fourth-order valence-corrected chi connectivity index (χ4v) is 19.6. The first-order valence-corrected chi connectivity index (χ1v) is 26.4. The van der Waals surface area contributed by atoms with Gasteiger partial charge in [-0.25, -0.2) is 0 Å². The van der Waals surface area contributed by atoms with Crippen LogP contribution in [-0.4, -0.2) is 56.4 Å². The summed E-state index contributed by atoms with van der Waals surface area (Å²) in [6.45, 7) is 0. The quantitative estimate of drug-likeness (QED) is 0.155. The zero-order valence-electron chi connectivity index (χ0n) is 32.2. The van der Waals surface area contributed by atoms with Crippen molar-refractivity contribution in [3.63, 3.8) is 0 Å². The molecule has 0 unspecified atom stereocenters. The molecule has 6 aromatic rings. The summed E-state index contributed by atoms with van der Waals surface area (Å²) in [6, 6.07) is 57.2. The maximum Gasteiger partial charge on any atom is 0.176 e. The fraction of sp³-hybridized carbons (Fsp3) is 0.182. The predicted molar refractivity (Wildman–Crippen MR) is 256 cm³/mol. The SMILES string of the molecule is CN(C)c1ccccc1[P+](I)(c1ccccc1)c1ccccc1N(C)C.CN(C)c1ccccc1[P+](I)(c1ccccc1)c1ccccc1N(C)C.[I-].[I-]. The van der Waals surface area contributed by atoms with E-state index in [2.05, 4.69) is 278 Å². The molecule has 0 bridgehead atoms. The van der Waals surface area contributed by atoms with Gasteiger partial charge in [-0.2, -0.15) is 0 Å². The van der Waals surface area contributed by atoms with Gasteiger partial charge < -0.3 is 67.6 Å². The predicted octanol–water partition coefficient (Wildman–Crippen LogP) is 2.93. The number of hydrogen-bond acceptors (Lipinski definition) is 4. The first-order chi connectivity index (χ1) is 24.9. The molecule has 0 saturated carbocycles. The molecule has 0 amide bonds. The van der Waals surface area contributed by atoms with Crippen molar-refractivity contribution in [2.24, 2.45) is 0 Å². The summed E-state index contributed by atoms with van der Waals surface area (Å²) in [5, 5.41) is 8.42. The van der Waals surface area contributed by atoms with Crippen LogP contribution < -0.4 is 99.4 Å². The number of para-hydroxylation sites is 4. The molecule has 284 valence electrons. The van der Waals surface area contributed by atoms with Crippen LogP contribution in [0.4, 0.5) is 22.7 Å². The second-order valence-electron chi connectivity index (χ2n) is 13.4. The van der Waals surface area contributed by atoms with Crippen LogP contribution in [0, 0.1) is 0 Å². The van der Waals surface area contributed by atoms with E-state index in [0.29, 0.717) is 0 Å². The van der Waals surface area contributed by atoms with Gasteiger partial charge >= 0.3 is 0 Å². The Labute approximate surface area is 385 Å². The zero-order chi connectivity index (χ0) is 37.5. The third-order valence-electron chi connectivity index (χ3n) is 9.01. The van der Waals surface area contributed by atoms with Crippen molar-refractivity contribution in [2.75, 3.05) is 76.0 Å².